The Bertz CT molecular complexity index is 901. The van der Waals surface area contributed by atoms with Gasteiger partial charge in [0.25, 0.3) is 0 Å². The van der Waals surface area contributed by atoms with Crippen molar-refractivity contribution in [2.75, 3.05) is 25.6 Å². The van der Waals surface area contributed by atoms with Crippen LogP contribution in [-0.4, -0.2) is 35.2 Å². The molecule has 0 aliphatic rings. The summed E-state index contributed by atoms with van der Waals surface area (Å²) in [7, 11) is 1.58. The van der Waals surface area contributed by atoms with E-state index in [1.807, 2.05) is 0 Å². The SMILES string of the molecule is COCCNc1cc(-c2cccc(C(F)(F)F)c2)nc(-c2cccnc2)n1. The molecule has 0 saturated heterocycles. The van der Waals surface area contributed by atoms with Crippen LogP contribution < -0.4 is 5.32 Å². The summed E-state index contributed by atoms with van der Waals surface area (Å²) in [4.78, 5) is 12.9. The summed E-state index contributed by atoms with van der Waals surface area (Å²) >= 11 is 0. The summed E-state index contributed by atoms with van der Waals surface area (Å²) in [6, 6.07) is 10.2. The fraction of sp³-hybridized carbons (Fsp3) is 0.211. The quantitative estimate of drug-likeness (QED) is 0.653. The monoisotopic (exact) mass is 374 g/mol. The van der Waals surface area contributed by atoms with Crippen LogP contribution in [0, 0.1) is 0 Å². The highest BCUT2D eigenvalue weighted by Crippen LogP contribution is 2.32. The molecule has 0 aliphatic carbocycles. The van der Waals surface area contributed by atoms with Gasteiger partial charge in [0.2, 0.25) is 0 Å². The van der Waals surface area contributed by atoms with E-state index in [4.69, 9.17) is 4.74 Å². The van der Waals surface area contributed by atoms with Crippen LogP contribution in [0.2, 0.25) is 0 Å². The molecule has 1 N–H and O–H groups in total. The van der Waals surface area contributed by atoms with Gasteiger partial charge in [0, 0.05) is 43.2 Å². The summed E-state index contributed by atoms with van der Waals surface area (Å²) in [6.07, 6.45) is -1.20. The van der Waals surface area contributed by atoms with E-state index in [0.29, 0.717) is 41.6 Å². The molecule has 0 aliphatic heterocycles. The van der Waals surface area contributed by atoms with E-state index >= 15 is 0 Å². The molecule has 0 radical (unpaired) electrons. The Morgan fingerprint density at radius 3 is 2.56 bits per heavy atom. The van der Waals surface area contributed by atoms with E-state index in [0.717, 1.165) is 12.1 Å². The van der Waals surface area contributed by atoms with Crippen molar-refractivity contribution in [1.82, 2.24) is 15.0 Å². The normalized spacial score (nSPS) is 11.4. The van der Waals surface area contributed by atoms with Crippen LogP contribution in [0.1, 0.15) is 5.56 Å². The predicted molar refractivity (Wildman–Crippen MR) is 96.1 cm³/mol. The first-order valence-corrected chi connectivity index (χ1v) is 8.17. The molecule has 5 nitrogen and oxygen atoms in total. The highest BCUT2D eigenvalue weighted by Gasteiger charge is 2.30. The van der Waals surface area contributed by atoms with Gasteiger partial charge in [0.05, 0.1) is 17.9 Å². The van der Waals surface area contributed by atoms with Crippen LogP contribution in [0.15, 0.2) is 54.9 Å². The lowest BCUT2D eigenvalue weighted by atomic mass is 10.1. The Hall–Kier alpha value is -3.00. The number of alkyl halides is 3. The number of nitrogens with one attached hydrogen (secondary N) is 1. The molecule has 2 aromatic heterocycles. The lowest BCUT2D eigenvalue weighted by Gasteiger charge is -2.12. The number of ether oxygens (including phenoxy) is 1. The number of nitrogens with zero attached hydrogens (tertiary/aromatic N) is 3. The van der Waals surface area contributed by atoms with Gasteiger partial charge in [-0.15, -0.1) is 0 Å². The minimum absolute atomic E-state index is 0.354. The molecule has 0 fully saturated rings. The van der Waals surface area contributed by atoms with Gasteiger partial charge in [-0.25, -0.2) is 9.97 Å². The smallest absolute Gasteiger partial charge is 0.383 e. The number of pyridine rings is 1. The topological polar surface area (TPSA) is 59.9 Å². The molecule has 0 amide bonds. The van der Waals surface area contributed by atoms with Crippen molar-refractivity contribution in [1.29, 1.82) is 0 Å². The number of rotatable bonds is 6. The van der Waals surface area contributed by atoms with Gasteiger partial charge in [-0.3, -0.25) is 4.98 Å². The minimum atomic E-state index is -4.42. The van der Waals surface area contributed by atoms with Crippen LogP contribution in [0.3, 0.4) is 0 Å². The van der Waals surface area contributed by atoms with Crippen LogP contribution >= 0.6 is 0 Å². The third-order valence-electron chi connectivity index (χ3n) is 3.74. The van der Waals surface area contributed by atoms with Crippen LogP contribution in [0.5, 0.6) is 0 Å². The maximum Gasteiger partial charge on any atom is 0.416 e. The maximum absolute atomic E-state index is 13.0. The first-order chi connectivity index (χ1) is 13.0. The Morgan fingerprint density at radius 1 is 1.04 bits per heavy atom. The Labute approximate surface area is 154 Å². The minimum Gasteiger partial charge on any atom is -0.383 e. The zero-order chi connectivity index (χ0) is 19.3. The molecule has 140 valence electrons. The van der Waals surface area contributed by atoms with E-state index in [9.17, 15) is 13.2 Å². The van der Waals surface area contributed by atoms with Gasteiger partial charge in [-0.2, -0.15) is 13.2 Å². The first-order valence-electron chi connectivity index (χ1n) is 8.17. The van der Waals surface area contributed by atoms with Crippen molar-refractivity contribution in [3.63, 3.8) is 0 Å². The van der Waals surface area contributed by atoms with Crippen molar-refractivity contribution in [2.45, 2.75) is 6.18 Å². The second-order valence-electron chi connectivity index (χ2n) is 5.70. The van der Waals surface area contributed by atoms with Gasteiger partial charge >= 0.3 is 6.18 Å². The average molecular weight is 374 g/mol. The maximum atomic E-state index is 13.0. The molecule has 0 spiro atoms. The lowest BCUT2D eigenvalue weighted by molar-refractivity contribution is -0.137. The summed E-state index contributed by atoms with van der Waals surface area (Å²) in [5.41, 5.74) is 0.679. The Morgan fingerprint density at radius 2 is 1.85 bits per heavy atom. The molecular formula is C19H17F3N4O. The first kappa shape index (κ1) is 18.8. The predicted octanol–water partition coefficient (Wildman–Crippen LogP) is 4.28. The lowest BCUT2D eigenvalue weighted by Crippen LogP contribution is -2.10. The molecule has 0 bridgehead atoms. The highest BCUT2D eigenvalue weighted by atomic mass is 19.4. The van der Waals surface area contributed by atoms with E-state index in [1.165, 1.54) is 6.07 Å². The zero-order valence-corrected chi connectivity index (χ0v) is 14.5. The largest absolute Gasteiger partial charge is 0.416 e. The van der Waals surface area contributed by atoms with Crippen molar-refractivity contribution in [3.05, 3.63) is 60.4 Å². The molecular weight excluding hydrogens is 357 g/mol. The highest BCUT2D eigenvalue weighted by molar-refractivity contribution is 5.67. The summed E-state index contributed by atoms with van der Waals surface area (Å²) in [5.74, 6) is 0.867. The average Bonchev–Trinajstić information content (AvgIpc) is 2.68. The molecule has 0 saturated carbocycles. The number of halogens is 3. The number of methoxy groups -OCH3 is 1. The van der Waals surface area contributed by atoms with E-state index in [2.05, 4.69) is 20.3 Å². The standard InChI is InChI=1S/C19H17F3N4O/c1-27-9-8-24-17-11-16(13-4-2-6-15(10-13)19(20,21)22)25-18(26-17)14-5-3-7-23-12-14/h2-7,10-12H,8-9H2,1H3,(H,24,25,26). The van der Waals surface area contributed by atoms with Crippen LogP contribution in [0.4, 0.5) is 19.0 Å². The zero-order valence-electron chi connectivity index (χ0n) is 14.5. The third kappa shape index (κ3) is 4.79. The van der Waals surface area contributed by atoms with Crippen molar-refractivity contribution >= 4 is 5.82 Å². The molecule has 0 unspecified atom stereocenters. The number of hydrogen-bond donors (Lipinski definition) is 1. The molecule has 1 aromatic carbocycles. The third-order valence-corrected chi connectivity index (χ3v) is 3.74. The second-order valence-corrected chi connectivity index (χ2v) is 5.70. The van der Waals surface area contributed by atoms with Gasteiger partial charge < -0.3 is 10.1 Å². The molecule has 3 rings (SSSR count). The van der Waals surface area contributed by atoms with Crippen molar-refractivity contribution < 1.29 is 17.9 Å². The summed E-state index contributed by atoms with van der Waals surface area (Å²) in [6.45, 7) is 0.965. The van der Waals surface area contributed by atoms with Crippen molar-refractivity contribution in [3.8, 4) is 22.6 Å². The van der Waals surface area contributed by atoms with Crippen LogP contribution in [0.25, 0.3) is 22.6 Å². The molecule has 3 aromatic rings. The number of hydrogen-bond acceptors (Lipinski definition) is 5. The van der Waals surface area contributed by atoms with Crippen LogP contribution in [-0.2, 0) is 10.9 Å². The van der Waals surface area contributed by atoms with E-state index in [-0.39, 0.29) is 0 Å². The van der Waals surface area contributed by atoms with Gasteiger partial charge in [-0.05, 0) is 24.3 Å². The van der Waals surface area contributed by atoms with Gasteiger partial charge in [0.15, 0.2) is 5.82 Å². The fourth-order valence-corrected chi connectivity index (χ4v) is 2.45. The van der Waals surface area contributed by atoms with Gasteiger partial charge in [0.1, 0.15) is 5.82 Å². The number of anilines is 1. The summed E-state index contributed by atoms with van der Waals surface area (Å²) < 4.78 is 44.1. The molecule has 0 atom stereocenters. The molecule has 27 heavy (non-hydrogen) atoms. The van der Waals surface area contributed by atoms with E-state index in [1.54, 1.807) is 43.8 Å². The van der Waals surface area contributed by atoms with E-state index < -0.39 is 11.7 Å². The second kappa shape index (κ2) is 8.13. The fourth-order valence-electron chi connectivity index (χ4n) is 2.45. The van der Waals surface area contributed by atoms with Crippen molar-refractivity contribution in [2.24, 2.45) is 0 Å². The number of benzene rings is 1. The molecule has 8 heteroatoms. The van der Waals surface area contributed by atoms with Gasteiger partial charge in [-0.1, -0.05) is 12.1 Å². The molecule has 2 heterocycles. The summed E-state index contributed by atoms with van der Waals surface area (Å²) in [5, 5.41) is 3.09. The Balaban J connectivity index is 2.05. The Kier molecular flexibility index (Phi) is 5.66. The number of aromatic nitrogens is 3.